The van der Waals surface area contributed by atoms with E-state index in [0.29, 0.717) is 12.8 Å². The van der Waals surface area contributed by atoms with Crippen LogP contribution in [0.25, 0.3) is 0 Å². The molecule has 2 rings (SSSR count). The molecule has 0 radical (unpaired) electrons. The van der Waals surface area contributed by atoms with Crippen molar-refractivity contribution in [3.05, 3.63) is 12.3 Å². The summed E-state index contributed by atoms with van der Waals surface area (Å²) in [6.07, 6.45) is 4.69. The largest absolute Gasteiger partial charge is 0.389 e. The van der Waals surface area contributed by atoms with E-state index in [1.807, 2.05) is 0 Å². The fourth-order valence-electron chi connectivity index (χ4n) is 2.47. The lowest BCUT2D eigenvalue weighted by Crippen LogP contribution is -2.42. The third kappa shape index (κ3) is 2.43. The quantitative estimate of drug-likeness (QED) is 0.858. The number of aromatic nitrogens is 2. The lowest BCUT2D eigenvalue weighted by Gasteiger charge is -2.27. The Morgan fingerprint density at radius 2 is 2.11 bits per heavy atom. The average Bonchev–Trinajstić information content (AvgIpc) is 2.87. The average molecular weight is 273 g/mol. The molecule has 1 aromatic heterocycles. The monoisotopic (exact) mass is 273 g/mol. The number of likely N-dealkylation sites (N-methyl/N-ethyl adjacent to an activating group) is 1. The van der Waals surface area contributed by atoms with Crippen LogP contribution in [0, 0.1) is 0 Å². The predicted molar refractivity (Wildman–Crippen MR) is 66.4 cm³/mol. The Hall–Kier alpha value is -0.920. The molecule has 0 atom stereocenters. The maximum atomic E-state index is 12.3. The smallest absolute Gasteiger partial charge is 0.260 e. The zero-order valence-electron chi connectivity index (χ0n) is 10.7. The molecule has 7 heteroatoms. The number of aryl methyl sites for hydroxylation is 1. The summed E-state index contributed by atoms with van der Waals surface area (Å²) in [7, 11) is -0.491. The second-order valence-electron chi connectivity index (χ2n) is 4.99. The summed E-state index contributed by atoms with van der Waals surface area (Å²) in [5, 5.41) is 14.3. The van der Waals surface area contributed by atoms with Crippen LogP contribution < -0.4 is 0 Å². The molecule has 0 unspecified atom stereocenters. The van der Waals surface area contributed by atoms with Crippen LogP contribution in [0.4, 0.5) is 0 Å². The van der Waals surface area contributed by atoms with Crippen molar-refractivity contribution in [1.29, 1.82) is 0 Å². The molecule has 1 fully saturated rings. The molecule has 1 saturated carbocycles. The Morgan fingerprint density at radius 1 is 1.50 bits per heavy atom. The van der Waals surface area contributed by atoms with Gasteiger partial charge in [-0.05, 0) is 18.9 Å². The van der Waals surface area contributed by atoms with Crippen molar-refractivity contribution in [2.45, 2.75) is 36.3 Å². The van der Waals surface area contributed by atoms with E-state index < -0.39 is 15.6 Å². The first-order chi connectivity index (χ1) is 8.35. The fourth-order valence-corrected chi connectivity index (χ4v) is 3.81. The maximum absolute atomic E-state index is 12.3. The zero-order chi connectivity index (χ0) is 13.4. The highest BCUT2D eigenvalue weighted by molar-refractivity contribution is 7.89. The topological polar surface area (TPSA) is 75.4 Å². The van der Waals surface area contributed by atoms with Gasteiger partial charge in [0, 0.05) is 20.6 Å². The molecule has 102 valence electrons. The van der Waals surface area contributed by atoms with Gasteiger partial charge in [0.25, 0.3) is 10.0 Å². The number of hydrogen-bond donors (Lipinski definition) is 1. The number of nitrogens with zero attached hydrogens (tertiary/aromatic N) is 3. The SMILES string of the molecule is CN(CC1(O)CCCC1)S(=O)(=O)c1ccnn1C. The Kier molecular flexibility index (Phi) is 3.48. The summed E-state index contributed by atoms with van der Waals surface area (Å²) in [6.45, 7) is 0.139. The summed E-state index contributed by atoms with van der Waals surface area (Å²) in [4.78, 5) is 0. The molecule has 18 heavy (non-hydrogen) atoms. The van der Waals surface area contributed by atoms with Crippen LogP contribution >= 0.6 is 0 Å². The lowest BCUT2D eigenvalue weighted by molar-refractivity contribution is 0.0332. The van der Waals surface area contributed by atoms with E-state index in [0.717, 1.165) is 12.8 Å². The number of sulfonamides is 1. The van der Waals surface area contributed by atoms with Crippen LogP contribution in [-0.2, 0) is 17.1 Å². The van der Waals surface area contributed by atoms with Crippen molar-refractivity contribution in [3.8, 4) is 0 Å². The third-order valence-electron chi connectivity index (χ3n) is 3.50. The zero-order valence-corrected chi connectivity index (χ0v) is 11.5. The molecule has 1 aliphatic carbocycles. The standard InChI is InChI=1S/C11H19N3O3S/c1-13(9-11(15)6-3-4-7-11)18(16,17)10-5-8-12-14(10)2/h5,8,15H,3-4,6-7,9H2,1-2H3. The van der Waals surface area contributed by atoms with E-state index in [1.165, 1.54) is 28.3 Å². The van der Waals surface area contributed by atoms with Crippen molar-refractivity contribution in [3.63, 3.8) is 0 Å². The highest BCUT2D eigenvalue weighted by atomic mass is 32.2. The van der Waals surface area contributed by atoms with Crippen molar-refractivity contribution < 1.29 is 13.5 Å². The van der Waals surface area contributed by atoms with Gasteiger partial charge in [0.15, 0.2) is 5.03 Å². The summed E-state index contributed by atoms with van der Waals surface area (Å²) in [5.41, 5.74) is -0.875. The molecule has 6 nitrogen and oxygen atoms in total. The van der Waals surface area contributed by atoms with Crippen LogP contribution in [0.3, 0.4) is 0 Å². The molecular weight excluding hydrogens is 254 g/mol. The first-order valence-corrected chi connectivity index (χ1v) is 7.46. The molecule has 0 bridgehead atoms. The fraction of sp³-hybridized carbons (Fsp3) is 0.727. The molecule has 1 aromatic rings. The first kappa shape index (κ1) is 13.5. The van der Waals surface area contributed by atoms with Crippen LogP contribution in [0.5, 0.6) is 0 Å². The van der Waals surface area contributed by atoms with Crippen LogP contribution in [0.15, 0.2) is 17.3 Å². The lowest BCUT2D eigenvalue weighted by atomic mass is 10.0. The van der Waals surface area contributed by atoms with Gasteiger partial charge in [0.05, 0.1) is 11.8 Å². The van der Waals surface area contributed by atoms with Gasteiger partial charge in [-0.25, -0.2) is 8.42 Å². The highest BCUT2D eigenvalue weighted by Crippen LogP contribution is 2.31. The van der Waals surface area contributed by atoms with Gasteiger partial charge in [0.1, 0.15) is 0 Å². The minimum atomic E-state index is -3.58. The summed E-state index contributed by atoms with van der Waals surface area (Å²) in [5.74, 6) is 0. The predicted octanol–water partition coefficient (Wildman–Crippen LogP) is 0.346. The van der Waals surface area contributed by atoms with Gasteiger partial charge in [0.2, 0.25) is 0 Å². The first-order valence-electron chi connectivity index (χ1n) is 6.02. The molecular formula is C11H19N3O3S. The summed E-state index contributed by atoms with van der Waals surface area (Å²) >= 11 is 0. The van der Waals surface area contributed by atoms with Gasteiger partial charge in [-0.2, -0.15) is 9.40 Å². The van der Waals surface area contributed by atoms with Gasteiger partial charge < -0.3 is 5.11 Å². The number of aliphatic hydroxyl groups is 1. The van der Waals surface area contributed by atoms with Crippen LogP contribution in [0.1, 0.15) is 25.7 Å². The van der Waals surface area contributed by atoms with E-state index in [-0.39, 0.29) is 11.6 Å². The number of hydrogen-bond acceptors (Lipinski definition) is 4. The Morgan fingerprint density at radius 3 is 2.61 bits per heavy atom. The Balaban J connectivity index is 2.18. The van der Waals surface area contributed by atoms with E-state index in [2.05, 4.69) is 5.10 Å². The molecule has 0 amide bonds. The van der Waals surface area contributed by atoms with Crippen LogP contribution in [0.2, 0.25) is 0 Å². The number of rotatable bonds is 4. The summed E-state index contributed by atoms with van der Waals surface area (Å²) in [6, 6.07) is 1.46. The molecule has 0 spiro atoms. The van der Waals surface area contributed by atoms with Crippen molar-refractivity contribution >= 4 is 10.0 Å². The molecule has 1 heterocycles. The van der Waals surface area contributed by atoms with Gasteiger partial charge in [-0.3, -0.25) is 4.68 Å². The second-order valence-corrected chi connectivity index (χ2v) is 6.98. The van der Waals surface area contributed by atoms with Crippen molar-refractivity contribution in [1.82, 2.24) is 14.1 Å². The van der Waals surface area contributed by atoms with Crippen molar-refractivity contribution in [2.75, 3.05) is 13.6 Å². The third-order valence-corrected chi connectivity index (χ3v) is 5.38. The van der Waals surface area contributed by atoms with Crippen molar-refractivity contribution in [2.24, 2.45) is 7.05 Å². The van der Waals surface area contributed by atoms with E-state index >= 15 is 0 Å². The molecule has 0 aromatic carbocycles. The maximum Gasteiger partial charge on any atom is 0.260 e. The van der Waals surface area contributed by atoms with E-state index in [9.17, 15) is 13.5 Å². The van der Waals surface area contributed by atoms with E-state index in [1.54, 1.807) is 7.05 Å². The van der Waals surface area contributed by atoms with Gasteiger partial charge >= 0.3 is 0 Å². The minimum absolute atomic E-state index is 0.139. The van der Waals surface area contributed by atoms with E-state index in [4.69, 9.17) is 0 Å². The second kappa shape index (κ2) is 4.64. The minimum Gasteiger partial charge on any atom is -0.389 e. The Bertz CT molecular complexity index is 517. The van der Waals surface area contributed by atoms with Crippen LogP contribution in [-0.4, -0.2) is 46.8 Å². The van der Waals surface area contributed by atoms with Gasteiger partial charge in [-0.15, -0.1) is 0 Å². The molecule has 1 aliphatic rings. The highest BCUT2D eigenvalue weighted by Gasteiger charge is 2.36. The molecule has 0 aliphatic heterocycles. The summed E-state index contributed by atoms with van der Waals surface area (Å²) < 4.78 is 27.1. The van der Waals surface area contributed by atoms with Gasteiger partial charge in [-0.1, -0.05) is 12.8 Å². The molecule has 0 saturated heterocycles. The molecule has 1 N–H and O–H groups in total. The Labute approximate surface area is 107 Å². The normalized spacial score (nSPS) is 19.6.